The van der Waals surface area contributed by atoms with Gasteiger partial charge in [-0.1, -0.05) is 18.2 Å². The predicted octanol–water partition coefficient (Wildman–Crippen LogP) is 0.481. The molecule has 0 aromatic carbocycles. The molecule has 2 heterocycles. The van der Waals surface area contributed by atoms with Crippen molar-refractivity contribution in [1.29, 1.82) is 0 Å². The van der Waals surface area contributed by atoms with Crippen LogP contribution in [-0.2, 0) is 9.59 Å². The highest BCUT2D eigenvalue weighted by Crippen LogP contribution is 2.31. The minimum Gasteiger partial charge on any atom is -0.481 e. The molecule has 2 aliphatic heterocycles. The van der Waals surface area contributed by atoms with E-state index in [9.17, 15) is 14.4 Å². The minimum atomic E-state index is -1.08. The normalized spacial score (nSPS) is 26.4. The first-order valence-electron chi connectivity index (χ1n) is 9.44. The third-order valence-electron chi connectivity index (χ3n) is 5.52. The minimum absolute atomic E-state index is 0.0359. The fourth-order valence-electron chi connectivity index (χ4n) is 3.69. The molecule has 0 saturated carbocycles. The second-order valence-electron chi connectivity index (χ2n) is 7.95. The number of nitrogens with one attached hydrogen (secondary N) is 1. The summed E-state index contributed by atoms with van der Waals surface area (Å²) in [6, 6.07) is 0.637. The van der Waals surface area contributed by atoms with E-state index in [1.165, 1.54) is 38.2 Å². The average Bonchev–Trinajstić information content (AvgIpc) is 2.60. The molecule has 0 radical (unpaired) electrons. The van der Waals surface area contributed by atoms with Gasteiger partial charge in [0, 0.05) is 43.8 Å². The van der Waals surface area contributed by atoms with E-state index >= 15 is 0 Å². The molecular weight excluding hydrogens is 364 g/mol. The van der Waals surface area contributed by atoms with Crippen LogP contribution in [0.15, 0.2) is 23.8 Å². The number of carboxylic acids is 2. The van der Waals surface area contributed by atoms with Crippen LogP contribution in [0.25, 0.3) is 0 Å². The predicted molar refractivity (Wildman–Crippen MR) is 104 cm³/mol. The number of allylic oxidation sites excluding steroid dienone is 2. The maximum absolute atomic E-state index is 10.8. The van der Waals surface area contributed by atoms with Crippen molar-refractivity contribution in [2.45, 2.75) is 38.3 Å². The number of urea groups is 1. The van der Waals surface area contributed by atoms with Crippen molar-refractivity contribution in [3.05, 3.63) is 23.8 Å². The number of nitrogens with zero attached hydrogens (tertiary/aromatic N) is 2. The molecule has 0 aromatic heterocycles. The van der Waals surface area contributed by atoms with Crippen LogP contribution in [0.1, 0.15) is 26.2 Å². The molecule has 3 aliphatic rings. The molecule has 5 N–H and O–H groups in total. The Bertz CT molecular complexity index is 663. The molecule has 28 heavy (non-hydrogen) atoms. The van der Waals surface area contributed by atoms with E-state index in [2.05, 4.69) is 22.2 Å². The third kappa shape index (κ3) is 5.80. The molecule has 0 aromatic rings. The van der Waals surface area contributed by atoms with Crippen molar-refractivity contribution in [3.8, 4) is 0 Å². The van der Waals surface area contributed by atoms with Gasteiger partial charge in [-0.15, -0.1) is 0 Å². The van der Waals surface area contributed by atoms with Gasteiger partial charge in [0.25, 0.3) is 0 Å². The molecule has 9 heteroatoms. The number of carbonyl (C=O) groups is 3. The first kappa shape index (κ1) is 21.9. The number of carboxylic acid groups (broad SMARTS) is 2. The van der Waals surface area contributed by atoms with Crippen LogP contribution in [0.4, 0.5) is 4.79 Å². The van der Waals surface area contributed by atoms with Crippen molar-refractivity contribution in [3.63, 3.8) is 0 Å². The van der Waals surface area contributed by atoms with Gasteiger partial charge in [0.1, 0.15) is 0 Å². The van der Waals surface area contributed by atoms with E-state index in [0.717, 1.165) is 32.0 Å². The number of piperidine rings is 1. The number of primary amides is 1. The molecule has 3 rings (SSSR count). The van der Waals surface area contributed by atoms with Gasteiger partial charge < -0.3 is 26.2 Å². The molecule has 2 fully saturated rings. The molecule has 0 bridgehead atoms. The smallest absolute Gasteiger partial charge is 0.331 e. The van der Waals surface area contributed by atoms with Gasteiger partial charge >= 0.3 is 18.0 Å². The van der Waals surface area contributed by atoms with Crippen molar-refractivity contribution in [2.24, 2.45) is 11.1 Å². The summed E-state index contributed by atoms with van der Waals surface area (Å²) < 4.78 is 0. The van der Waals surface area contributed by atoms with Crippen LogP contribution in [0.3, 0.4) is 0 Å². The standard InChI is InChI=1S/C10H20N4O.C9H10O4/c1-13-6-9(7-13)14-4-2-8(3-5-14)12-10(11)15;1-9(8(12)13)4-2-3-6(5-9)7(10)11/h8-9H,2-7H2,1H3,(H3,11,12,15);2-4H,5H2,1H3,(H,10,11)(H,12,13). The van der Waals surface area contributed by atoms with E-state index in [4.69, 9.17) is 15.9 Å². The molecule has 1 aliphatic carbocycles. The van der Waals surface area contributed by atoms with E-state index in [0.29, 0.717) is 0 Å². The van der Waals surface area contributed by atoms with E-state index < -0.39 is 23.4 Å². The lowest BCUT2D eigenvalue weighted by molar-refractivity contribution is -0.145. The summed E-state index contributed by atoms with van der Waals surface area (Å²) in [5, 5.41) is 20.3. The van der Waals surface area contributed by atoms with Crippen molar-refractivity contribution in [2.75, 3.05) is 33.2 Å². The number of amides is 2. The zero-order chi connectivity index (χ0) is 20.9. The topological polar surface area (TPSA) is 136 Å². The molecule has 0 spiro atoms. The van der Waals surface area contributed by atoms with E-state index in [1.54, 1.807) is 0 Å². The summed E-state index contributed by atoms with van der Waals surface area (Å²) in [6.45, 7) is 6.05. The summed E-state index contributed by atoms with van der Waals surface area (Å²) in [5.74, 6) is -2.06. The number of rotatable bonds is 4. The van der Waals surface area contributed by atoms with Gasteiger partial charge in [-0.25, -0.2) is 9.59 Å². The molecule has 1 atom stereocenters. The lowest BCUT2D eigenvalue weighted by Gasteiger charge is -2.46. The molecule has 9 nitrogen and oxygen atoms in total. The van der Waals surface area contributed by atoms with E-state index in [1.807, 2.05) is 0 Å². The summed E-state index contributed by atoms with van der Waals surface area (Å²) in [4.78, 5) is 36.9. The highest BCUT2D eigenvalue weighted by molar-refractivity contribution is 5.90. The van der Waals surface area contributed by atoms with Gasteiger partial charge in [0.15, 0.2) is 0 Å². The number of hydrogen-bond donors (Lipinski definition) is 4. The van der Waals surface area contributed by atoms with Gasteiger partial charge in [0.05, 0.1) is 5.41 Å². The highest BCUT2D eigenvalue weighted by atomic mass is 16.4. The highest BCUT2D eigenvalue weighted by Gasteiger charge is 2.34. The fraction of sp³-hybridized carbons (Fsp3) is 0.632. The third-order valence-corrected chi connectivity index (χ3v) is 5.52. The Morgan fingerprint density at radius 2 is 1.82 bits per heavy atom. The van der Waals surface area contributed by atoms with Crippen LogP contribution < -0.4 is 11.1 Å². The number of hydrogen-bond acceptors (Lipinski definition) is 5. The van der Waals surface area contributed by atoms with Gasteiger partial charge in [-0.05, 0) is 33.2 Å². The SMILES string of the molecule is CC1(C(=O)O)C=CC=C(C(=O)O)C1.CN1CC(N2CCC(NC(N)=O)CC2)C1. The number of aliphatic carboxylic acids is 2. The van der Waals surface area contributed by atoms with Crippen LogP contribution in [0.2, 0.25) is 0 Å². The number of likely N-dealkylation sites (N-methyl/N-ethyl adjacent to an activating group) is 1. The van der Waals surface area contributed by atoms with Crippen LogP contribution in [0, 0.1) is 5.41 Å². The Morgan fingerprint density at radius 1 is 1.21 bits per heavy atom. The molecule has 156 valence electrons. The zero-order valence-electron chi connectivity index (χ0n) is 16.4. The van der Waals surface area contributed by atoms with Crippen LogP contribution in [0.5, 0.6) is 0 Å². The molecule has 1 unspecified atom stereocenters. The largest absolute Gasteiger partial charge is 0.481 e. The Hall–Kier alpha value is -2.39. The first-order valence-corrected chi connectivity index (χ1v) is 9.44. The number of carbonyl (C=O) groups excluding carboxylic acids is 1. The van der Waals surface area contributed by atoms with Crippen molar-refractivity contribution in [1.82, 2.24) is 15.1 Å². The number of likely N-dealkylation sites (tertiary alicyclic amines) is 2. The molecule has 2 amide bonds. The summed E-state index contributed by atoms with van der Waals surface area (Å²) >= 11 is 0. The lowest BCUT2D eigenvalue weighted by Crippen LogP contribution is -2.60. The first-order chi connectivity index (χ1) is 13.1. The van der Waals surface area contributed by atoms with Crippen LogP contribution in [-0.4, -0.2) is 83.3 Å². The second kappa shape index (κ2) is 9.20. The van der Waals surface area contributed by atoms with E-state index in [-0.39, 0.29) is 18.0 Å². The maximum atomic E-state index is 10.8. The van der Waals surface area contributed by atoms with Crippen LogP contribution >= 0.6 is 0 Å². The summed E-state index contributed by atoms with van der Waals surface area (Å²) in [7, 11) is 2.15. The average molecular weight is 394 g/mol. The molecule has 2 saturated heterocycles. The Balaban J connectivity index is 0.000000203. The molecular formula is C19H30N4O5. The van der Waals surface area contributed by atoms with Crippen molar-refractivity contribution < 1.29 is 24.6 Å². The monoisotopic (exact) mass is 394 g/mol. The number of nitrogens with two attached hydrogens (primary N) is 1. The maximum Gasteiger partial charge on any atom is 0.331 e. The zero-order valence-corrected chi connectivity index (χ0v) is 16.4. The Kier molecular flexibility index (Phi) is 7.20. The summed E-state index contributed by atoms with van der Waals surface area (Å²) in [5.41, 5.74) is 4.15. The lowest BCUT2D eigenvalue weighted by atomic mass is 9.80. The quantitative estimate of drug-likeness (QED) is 0.544. The van der Waals surface area contributed by atoms with Gasteiger partial charge in [0.2, 0.25) is 0 Å². The van der Waals surface area contributed by atoms with Gasteiger partial charge in [-0.2, -0.15) is 0 Å². The summed E-state index contributed by atoms with van der Waals surface area (Å²) in [6.07, 6.45) is 6.50. The van der Waals surface area contributed by atoms with Gasteiger partial charge in [-0.3, -0.25) is 9.69 Å². The van der Waals surface area contributed by atoms with Crippen molar-refractivity contribution >= 4 is 18.0 Å². The second-order valence-corrected chi connectivity index (χ2v) is 7.95. The Morgan fingerprint density at radius 3 is 2.29 bits per heavy atom. The Labute approximate surface area is 164 Å². The fourth-order valence-corrected chi connectivity index (χ4v) is 3.69.